The van der Waals surface area contributed by atoms with Crippen molar-refractivity contribution in [3.8, 4) is 0 Å². The van der Waals surface area contributed by atoms with E-state index in [9.17, 15) is 31.9 Å². The van der Waals surface area contributed by atoms with Crippen molar-refractivity contribution in [2.45, 2.75) is 19.7 Å². The van der Waals surface area contributed by atoms with E-state index in [1.807, 2.05) is 0 Å². The van der Waals surface area contributed by atoms with Crippen LogP contribution in [-0.4, -0.2) is 29.3 Å². The van der Waals surface area contributed by atoms with Crippen molar-refractivity contribution in [2.24, 2.45) is 0 Å². The molecule has 0 bridgehead atoms. The van der Waals surface area contributed by atoms with Crippen molar-refractivity contribution >= 4 is 39.9 Å². The Hall–Kier alpha value is -3.80. The van der Waals surface area contributed by atoms with E-state index in [0.717, 1.165) is 34.4 Å². The lowest BCUT2D eigenvalue weighted by molar-refractivity contribution is -0.143. The van der Waals surface area contributed by atoms with Gasteiger partial charge in [-0.15, -0.1) is 11.3 Å². The molecular weight excluding hydrogens is 478 g/mol. The highest BCUT2D eigenvalue weighted by Crippen LogP contribution is 2.35. The fourth-order valence-corrected chi connectivity index (χ4v) is 3.68. The summed E-state index contributed by atoms with van der Waals surface area (Å²) in [6.45, 7) is 0.354. The molecule has 1 N–H and O–H groups in total. The van der Waals surface area contributed by atoms with Crippen LogP contribution < -0.4 is 10.2 Å². The smallest absolute Gasteiger partial charge is 0.416 e. The van der Waals surface area contributed by atoms with Gasteiger partial charge in [-0.3, -0.25) is 19.3 Å². The van der Waals surface area contributed by atoms with Crippen LogP contribution in [-0.2, 0) is 27.1 Å². The Kier molecular flexibility index (Phi) is 7.61. The monoisotopic (exact) mass is 495 g/mol. The summed E-state index contributed by atoms with van der Waals surface area (Å²) < 4.78 is 57.7. The Morgan fingerprint density at radius 3 is 2.53 bits per heavy atom. The minimum absolute atomic E-state index is 0.0175. The summed E-state index contributed by atoms with van der Waals surface area (Å²) in [5, 5.41) is 3.80. The number of carbonyl (C=O) groups excluding carboxylic acids is 3. The zero-order chi connectivity index (χ0) is 24.9. The van der Waals surface area contributed by atoms with Crippen molar-refractivity contribution in [1.29, 1.82) is 0 Å². The van der Waals surface area contributed by atoms with Crippen molar-refractivity contribution in [3.05, 3.63) is 76.5 Å². The summed E-state index contributed by atoms with van der Waals surface area (Å²) in [7, 11) is 0. The van der Waals surface area contributed by atoms with Crippen molar-refractivity contribution in [2.75, 3.05) is 11.4 Å². The van der Waals surface area contributed by atoms with E-state index in [4.69, 9.17) is 4.74 Å². The molecular formula is C22H17F4N3O4S. The lowest BCUT2D eigenvalue weighted by atomic mass is 10.2. The molecule has 0 saturated carbocycles. The molecule has 0 fully saturated rings. The van der Waals surface area contributed by atoms with Gasteiger partial charge in [-0.25, -0.2) is 9.37 Å². The molecule has 0 aliphatic carbocycles. The number of esters is 1. The SMILES string of the molecule is CC(=O)N(c1cccc(C(F)(F)F)c1)c1nc(COC(=O)CNC(=O)c2ccccc2F)cs1. The molecule has 7 nitrogen and oxygen atoms in total. The second-order valence-corrected chi connectivity index (χ2v) is 7.68. The molecule has 178 valence electrons. The number of amides is 2. The average molecular weight is 495 g/mol. The maximum Gasteiger partial charge on any atom is 0.416 e. The topological polar surface area (TPSA) is 88.6 Å². The third kappa shape index (κ3) is 6.16. The molecule has 1 heterocycles. The maximum absolute atomic E-state index is 13.6. The first-order valence-electron chi connectivity index (χ1n) is 9.67. The molecule has 2 aromatic carbocycles. The number of halogens is 4. The first-order valence-corrected chi connectivity index (χ1v) is 10.5. The number of aromatic nitrogens is 1. The lowest BCUT2D eigenvalue weighted by Gasteiger charge is -2.19. The van der Waals surface area contributed by atoms with Crippen molar-refractivity contribution in [3.63, 3.8) is 0 Å². The summed E-state index contributed by atoms with van der Waals surface area (Å²) in [6, 6.07) is 9.51. The molecule has 0 spiro atoms. The number of anilines is 2. The molecule has 0 unspecified atom stereocenters. The van der Waals surface area contributed by atoms with Gasteiger partial charge in [-0.05, 0) is 30.3 Å². The van der Waals surface area contributed by atoms with Gasteiger partial charge in [0.2, 0.25) is 5.91 Å². The van der Waals surface area contributed by atoms with Gasteiger partial charge in [-0.1, -0.05) is 18.2 Å². The van der Waals surface area contributed by atoms with E-state index in [2.05, 4.69) is 10.3 Å². The van der Waals surface area contributed by atoms with Gasteiger partial charge in [0.05, 0.1) is 22.5 Å². The molecule has 0 atom stereocenters. The van der Waals surface area contributed by atoms with Crippen LogP contribution in [0.3, 0.4) is 0 Å². The Morgan fingerprint density at radius 1 is 1.12 bits per heavy atom. The second-order valence-electron chi connectivity index (χ2n) is 6.85. The highest BCUT2D eigenvalue weighted by atomic mass is 32.1. The van der Waals surface area contributed by atoms with Crippen molar-refractivity contribution in [1.82, 2.24) is 10.3 Å². The van der Waals surface area contributed by atoms with Crippen LogP contribution in [0.1, 0.15) is 28.5 Å². The number of nitrogens with zero attached hydrogens (tertiary/aromatic N) is 2. The van der Waals surface area contributed by atoms with Gasteiger partial charge in [0.25, 0.3) is 5.91 Å². The molecule has 1 aromatic heterocycles. The molecule has 3 aromatic rings. The number of nitrogens with one attached hydrogen (secondary N) is 1. The lowest BCUT2D eigenvalue weighted by Crippen LogP contribution is -2.31. The zero-order valence-corrected chi connectivity index (χ0v) is 18.4. The van der Waals surface area contributed by atoms with Crippen LogP contribution in [0.5, 0.6) is 0 Å². The van der Waals surface area contributed by atoms with Gasteiger partial charge in [0, 0.05) is 12.3 Å². The predicted octanol–water partition coefficient (Wildman–Crippen LogP) is 4.46. The minimum atomic E-state index is -4.58. The van der Waals surface area contributed by atoms with Gasteiger partial charge in [0.15, 0.2) is 5.13 Å². The van der Waals surface area contributed by atoms with Crippen LogP contribution in [0, 0.1) is 5.82 Å². The highest BCUT2D eigenvalue weighted by Gasteiger charge is 2.31. The van der Waals surface area contributed by atoms with Crippen LogP contribution in [0.25, 0.3) is 0 Å². The Balaban J connectivity index is 1.62. The quantitative estimate of drug-likeness (QED) is 0.386. The Labute approximate surface area is 195 Å². The van der Waals surface area contributed by atoms with E-state index in [-0.39, 0.29) is 28.7 Å². The van der Waals surface area contributed by atoms with E-state index >= 15 is 0 Å². The molecule has 3 rings (SSSR count). The third-order valence-electron chi connectivity index (χ3n) is 4.37. The molecule has 12 heteroatoms. The van der Waals surface area contributed by atoms with Crippen LogP contribution in [0.4, 0.5) is 28.4 Å². The summed E-state index contributed by atoms with van der Waals surface area (Å²) in [6.07, 6.45) is -4.58. The molecule has 0 radical (unpaired) electrons. The fourth-order valence-electron chi connectivity index (χ4n) is 2.81. The first kappa shape index (κ1) is 24.8. The Bertz CT molecular complexity index is 1210. The fraction of sp³-hybridized carbons (Fsp3) is 0.182. The molecule has 34 heavy (non-hydrogen) atoms. The molecule has 0 saturated heterocycles. The summed E-state index contributed by atoms with van der Waals surface area (Å²) >= 11 is 0.973. The van der Waals surface area contributed by atoms with E-state index in [1.54, 1.807) is 0 Å². The maximum atomic E-state index is 13.6. The van der Waals surface area contributed by atoms with Crippen LogP contribution >= 0.6 is 11.3 Å². The number of ether oxygens (including phenoxy) is 1. The molecule has 2 amide bonds. The number of hydrogen-bond acceptors (Lipinski definition) is 6. The number of carbonyl (C=O) groups is 3. The van der Waals surface area contributed by atoms with Crippen LogP contribution in [0.2, 0.25) is 0 Å². The number of thiazole rings is 1. The normalized spacial score (nSPS) is 11.1. The highest BCUT2D eigenvalue weighted by molar-refractivity contribution is 7.14. The van der Waals surface area contributed by atoms with E-state index < -0.39 is 41.9 Å². The van der Waals surface area contributed by atoms with Gasteiger partial charge < -0.3 is 10.1 Å². The van der Waals surface area contributed by atoms with Crippen molar-refractivity contribution < 1.29 is 36.7 Å². The summed E-state index contributed by atoms with van der Waals surface area (Å²) in [5.74, 6) is -2.91. The largest absolute Gasteiger partial charge is 0.458 e. The first-order chi connectivity index (χ1) is 16.1. The summed E-state index contributed by atoms with van der Waals surface area (Å²) in [4.78, 5) is 41.1. The van der Waals surface area contributed by atoms with Gasteiger partial charge in [-0.2, -0.15) is 13.2 Å². The van der Waals surface area contributed by atoms with Gasteiger partial charge >= 0.3 is 12.1 Å². The minimum Gasteiger partial charge on any atom is -0.458 e. The van der Waals surface area contributed by atoms with Crippen LogP contribution in [0.15, 0.2) is 53.9 Å². The number of rotatable bonds is 7. The zero-order valence-electron chi connectivity index (χ0n) is 17.6. The van der Waals surface area contributed by atoms with Gasteiger partial charge in [0.1, 0.15) is 19.0 Å². The number of alkyl halides is 3. The number of benzene rings is 2. The third-order valence-corrected chi connectivity index (χ3v) is 5.24. The number of hydrogen-bond donors (Lipinski definition) is 1. The summed E-state index contributed by atoms with van der Waals surface area (Å²) in [5.41, 5.74) is -0.916. The van der Waals surface area contributed by atoms with E-state index in [1.165, 1.54) is 42.6 Å². The molecule has 0 aliphatic heterocycles. The standard InChI is InChI=1S/C22H17F4N3O4S/c1-13(30)29(16-6-4-5-14(9-16)22(24,25)26)21-28-15(12-34-21)11-33-19(31)10-27-20(32)17-7-2-3-8-18(17)23/h2-9,12H,10-11H2,1H3,(H,27,32). The average Bonchev–Trinajstić information content (AvgIpc) is 3.24. The predicted molar refractivity (Wildman–Crippen MR) is 115 cm³/mol. The second kappa shape index (κ2) is 10.4. The Morgan fingerprint density at radius 2 is 1.85 bits per heavy atom. The molecule has 0 aliphatic rings. The van der Waals surface area contributed by atoms with E-state index in [0.29, 0.717) is 0 Å².